The zero-order valence-corrected chi connectivity index (χ0v) is 9.76. The molecule has 2 heteroatoms. The summed E-state index contributed by atoms with van der Waals surface area (Å²) in [4.78, 5) is 4.37. The van der Waals surface area contributed by atoms with Crippen LogP contribution in [0.4, 0.5) is 0 Å². The highest BCUT2D eigenvalue weighted by atomic mass is 16.5. The summed E-state index contributed by atoms with van der Waals surface area (Å²) in [5.74, 6) is 1.92. The van der Waals surface area contributed by atoms with E-state index in [1.165, 1.54) is 11.1 Å². The van der Waals surface area contributed by atoms with Gasteiger partial charge < -0.3 is 4.74 Å². The molecule has 0 fully saturated rings. The number of pyridine rings is 1. The number of fused-ring (bicyclic) bond motifs is 4. The normalized spacial score (nSPS) is 12.7. The highest BCUT2D eigenvalue weighted by Gasteiger charge is 2.18. The predicted octanol–water partition coefficient (Wildman–Crippen LogP) is 3.93. The molecule has 0 radical (unpaired) electrons. The lowest BCUT2D eigenvalue weighted by Crippen LogP contribution is -2.03. The van der Waals surface area contributed by atoms with Crippen molar-refractivity contribution < 1.29 is 4.74 Å². The van der Waals surface area contributed by atoms with Crippen molar-refractivity contribution in [2.45, 2.75) is 6.42 Å². The first-order chi connectivity index (χ1) is 8.92. The van der Waals surface area contributed by atoms with Crippen molar-refractivity contribution in [2.75, 3.05) is 0 Å². The van der Waals surface area contributed by atoms with Gasteiger partial charge in [0, 0.05) is 23.6 Å². The minimum atomic E-state index is 0.927. The van der Waals surface area contributed by atoms with Gasteiger partial charge in [-0.05, 0) is 29.8 Å². The topological polar surface area (TPSA) is 22.1 Å². The molecule has 1 aromatic heterocycles. The van der Waals surface area contributed by atoms with Crippen LogP contribution in [-0.4, -0.2) is 4.98 Å². The Labute approximate surface area is 105 Å². The number of rotatable bonds is 0. The summed E-state index contributed by atoms with van der Waals surface area (Å²) in [5.41, 5.74) is 3.46. The quantitative estimate of drug-likeness (QED) is 0.459. The number of nitrogens with zero attached hydrogens (tertiary/aromatic N) is 1. The fraction of sp³-hybridized carbons (Fsp3) is 0.0625. The van der Waals surface area contributed by atoms with Crippen LogP contribution in [0.2, 0.25) is 0 Å². The van der Waals surface area contributed by atoms with Gasteiger partial charge in [-0.1, -0.05) is 24.3 Å². The molecule has 0 saturated heterocycles. The fourth-order valence-corrected chi connectivity index (χ4v) is 2.49. The molecule has 0 bridgehead atoms. The second kappa shape index (κ2) is 3.57. The molecule has 0 atom stereocenters. The third-order valence-corrected chi connectivity index (χ3v) is 3.38. The summed E-state index contributed by atoms with van der Waals surface area (Å²) < 4.78 is 6.05. The van der Waals surface area contributed by atoms with Gasteiger partial charge in [-0.25, -0.2) is 0 Å². The third-order valence-electron chi connectivity index (χ3n) is 3.38. The minimum Gasteiger partial charge on any atom is -0.456 e. The molecule has 4 rings (SSSR count). The number of hydrogen-bond acceptors (Lipinski definition) is 2. The number of benzene rings is 2. The summed E-state index contributed by atoms with van der Waals surface area (Å²) in [5, 5.41) is 1.09. The van der Waals surface area contributed by atoms with Crippen LogP contribution in [0.25, 0.3) is 10.9 Å². The van der Waals surface area contributed by atoms with Crippen LogP contribution in [0.3, 0.4) is 0 Å². The zero-order valence-electron chi connectivity index (χ0n) is 9.76. The lowest BCUT2D eigenvalue weighted by atomic mass is 9.98. The van der Waals surface area contributed by atoms with Crippen molar-refractivity contribution >= 4 is 10.9 Å². The monoisotopic (exact) mass is 233 g/mol. The molecule has 86 valence electrons. The van der Waals surface area contributed by atoms with Gasteiger partial charge in [0.25, 0.3) is 0 Å². The van der Waals surface area contributed by atoms with Crippen LogP contribution in [0.5, 0.6) is 11.5 Å². The maximum absolute atomic E-state index is 6.05. The molecule has 2 nitrogen and oxygen atoms in total. The SMILES string of the molecule is c1ccc2c(c1)Cc1ccc3ncccc3c1O2. The second-order valence-electron chi connectivity index (χ2n) is 4.51. The van der Waals surface area contributed by atoms with Crippen molar-refractivity contribution in [3.05, 3.63) is 65.9 Å². The molecular weight excluding hydrogens is 222 g/mol. The van der Waals surface area contributed by atoms with E-state index in [9.17, 15) is 0 Å². The number of aromatic nitrogens is 1. The Morgan fingerprint density at radius 3 is 2.83 bits per heavy atom. The van der Waals surface area contributed by atoms with Crippen LogP contribution in [-0.2, 0) is 6.42 Å². The smallest absolute Gasteiger partial charge is 0.140 e. The van der Waals surface area contributed by atoms with Gasteiger partial charge in [0.1, 0.15) is 11.5 Å². The summed E-state index contributed by atoms with van der Waals surface area (Å²) in [6, 6.07) is 16.4. The van der Waals surface area contributed by atoms with E-state index in [1.807, 2.05) is 24.4 Å². The van der Waals surface area contributed by atoms with E-state index in [-0.39, 0.29) is 0 Å². The van der Waals surface area contributed by atoms with Crippen molar-refractivity contribution in [3.63, 3.8) is 0 Å². The zero-order chi connectivity index (χ0) is 11.9. The molecule has 3 aromatic rings. The van der Waals surface area contributed by atoms with Crippen LogP contribution in [0.15, 0.2) is 54.7 Å². The Hall–Kier alpha value is -2.35. The molecule has 18 heavy (non-hydrogen) atoms. The van der Waals surface area contributed by atoms with Crippen molar-refractivity contribution in [1.82, 2.24) is 4.98 Å². The van der Waals surface area contributed by atoms with E-state index >= 15 is 0 Å². The predicted molar refractivity (Wildman–Crippen MR) is 71.1 cm³/mol. The molecule has 2 heterocycles. The van der Waals surface area contributed by atoms with Crippen LogP contribution >= 0.6 is 0 Å². The Bertz CT molecular complexity index is 749. The molecule has 2 aromatic carbocycles. The Kier molecular flexibility index (Phi) is 1.92. The summed E-state index contributed by atoms with van der Waals surface area (Å²) in [6.07, 6.45) is 2.74. The first kappa shape index (κ1) is 9.66. The van der Waals surface area contributed by atoms with Gasteiger partial charge >= 0.3 is 0 Å². The molecule has 0 N–H and O–H groups in total. The molecule has 0 aliphatic carbocycles. The summed E-state index contributed by atoms with van der Waals surface area (Å²) in [7, 11) is 0. The minimum absolute atomic E-state index is 0.927. The molecule has 0 unspecified atom stereocenters. The number of hydrogen-bond donors (Lipinski definition) is 0. The summed E-state index contributed by atoms with van der Waals surface area (Å²) in [6.45, 7) is 0. The third kappa shape index (κ3) is 1.32. The van der Waals surface area contributed by atoms with E-state index in [0.29, 0.717) is 0 Å². The number of ether oxygens (including phenoxy) is 1. The maximum Gasteiger partial charge on any atom is 0.140 e. The maximum atomic E-state index is 6.05. The van der Waals surface area contributed by atoms with Gasteiger partial charge in [0.05, 0.1) is 5.52 Å². The Balaban J connectivity index is 1.98. The standard InChI is InChI=1S/C16H11NO/c1-2-6-15-11(4-1)10-12-7-8-14-13(16(12)18-15)5-3-9-17-14/h1-9H,10H2. The highest BCUT2D eigenvalue weighted by molar-refractivity contribution is 5.87. The Morgan fingerprint density at radius 1 is 0.889 bits per heavy atom. The van der Waals surface area contributed by atoms with Gasteiger partial charge in [-0.2, -0.15) is 0 Å². The van der Waals surface area contributed by atoms with Gasteiger partial charge in [0.2, 0.25) is 0 Å². The van der Waals surface area contributed by atoms with Gasteiger partial charge in [0.15, 0.2) is 0 Å². The van der Waals surface area contributed by atoms with E-state index in [1.54, 1.807) is 0 Å². The van der Waals surface area contributed by atoms with Crippen molar-refractivity contribution in [3.8, 4) is 11.5 Å². The highest BCUT2D eigenvalue weighted by Crippen LogP contribution is 2.40. The first-order valence-electron chi connectivity index (χ1n) is 6.04. The number of para-hydroxylation sites is 1. The molecule has 0 saturated carbocycles. The van der Waals surface area contributed by atoms with E-state index in [2.05, 4.69) is 35.3 Å². The lowest BCUT2D eigenvalue weighted by Gasteiger charge is -2.21. The first-order valence-corrected chi connectivity index (χ1v) is 6.04. The van der Waals surface area contributed by atoms with Crippen LogP contribution in [0.1, 0.15) is 11.1 Å². The molecular formula is C16H11NO. The molecule has 1 aliphatic rings. The van der Waals surface area contributed by atoms with Crippen LogP contribution < -0.4 is 4.74 Å². The van der Waals surface area contributed by atoms with E-state index < -0.39 is 0 Å². The van der Waals surface area contributed by atoms with Crippen molar-refractivity contribution in [1.29, 1.82) is 0 Å². The Morgan fingerprint density at radius 2 is 1.83 bits per heavy atom. The molecule has 0 amide bonds. The van der Waals surface area contributed by atoms with Crippen molar-refractivity contribution in [2.24, 2.45) is 0 Å². The van der Waals surface area contributed by atoms with Gasteiger partial charge in [-0.3, -0.25) is 4.98 Å². The van der Waals surface area contributed by atoms with E-state index in [4.69, 9.17) is 4.74 Å². The summed E-state index contributed by atoms with van der Waals surface area (Å²) >= 11 is 0. The van der Waals surface area contributed by atoms with Crippen LogP contribution in [0, 0.1) is 0 Å². The average molecular weight is 233 g/mol. The van der Waals surface area contributed by atoms with Gasteiger partial charge in [-0.15, -0.1) is 0 Å². The largest absolute Gasteiger partial charge is 0.456 e. The second-order valence-corrected chi connectivity index (χ2v) is 4.51. The molecule has 0 spiro atoms. The van der Waals surface area contributed by atoms with E-state index in [0.717, 1.165) is 28.8 Å². The fourth-order valence-electron chi connectivity index (χ4n) is 2.49. The average Bonchev–Trinajstić information content (AvgIpc) is 2.45. The lowest BCUT2D eigenvalue weighted by molar-refractivity contribution is 0.465. The molecule has 1 aliphatic heterocycles.